The zero-order valence-electron chi connectivity index (χ0n) is 24.7. The molecule has 3 aliphatic rings. The number of phenols is 1. The maximum Gasteiger partial charge on any atom is 0.319 e. The van der Waals surface area contributed by atoms with Crippen LogP contribution >= 0.6 is 0 Å². The second-order valence-electron chi connectivity index (χ2n) is 11.9. The molecular weight excluding hydrogens is 570 g/mol. The number of Topliss-reactive ketones (excluding diaryl/α,β-unsaturated/α-hetero) is 4. The van der Waals surface area contributed by atoms with Crippen molar-refractivity contribution in [2.24, 2.45) is 29.4 Å². The number of ketones is 4. The van der Waals surface area contributed by atoms with Crippen LogP contribution in [0.15, 0.2) is 36.4 Å². The summed E-state index contributed by atoms with van der Waals surface area (Å²) in [5.74, 6) is -11.2. The number of nitrogens with two attached hydrogens (primary N) is 1. The number of primary amides is 1. The summed E-state index contributed by atoms with van der Waals surface area (Å²) in [6.45, 7) is 2.52. The van der Waals surface area contributed by atoms with Crippen molar-refractivity contribution in [2.45, 2.75) is 38.0 Å². The molecule has 5 N–H and O–H groups in total. The van der Waals surface area contributed by atoms with Gasteiger partial charge in [0.1, 0.15) is 5.75 Å². The SMILES string of the molecule is CCOC(=O)CNCc1ccc(-c2ccc(O)c3c2C[C@H]2C[C@H]4[C@H](N(C)C)C(=O)C(C(N)=O)C(=O)[C@@]4(O)C(=O)C2C3=O)cc1. The minimum absolute atomic E-state index is 0.0237. The molecule has 0 bridgehead atoms. The quantitative estimate of drug-likeness (QED) is 0.237. The van der Waals surface area contributed by atoms with Gasteiger partial charge in [0, 0.05) is 12.5 Å². The molecule has 2 aromatic carbocycles. The van der Waals surface area contributed by atoms with E-state index in [9.17, 15) is 39.0 Å². The predicted molar refractivity (Wildman–Crippen MR) is 155 cm³/mol. The van der Waals surface area contributed by atoms with E-state index in [1.54, 1.807) is 27.1 Å². The number of rotatable bonds is 8. The Balaban J connectivity index is 1.49. The topological polar surface area (TPSA) is 193 Å². The van der Waals surface area contributed by atoms with Gasteiger partial charge in [-0.2, -0.15) is 0 Å². The summed E-state index contributed by atoms with van der Waals surface area (Å²) in [5.41, 5.74) is 5.37. The van der Waals surface area contributed by atoms with Crippen LogP contribution in [0.3, 0.4) is 0 Å². The number of benzene rings is 2. The predicted octanol–water partition coefficient (Wildman–Crippen LogP) is 0.187. The fraction of sp³-hybridized carbons (Fsp3) is 0.438. The lowest BCUT2D eigenvalue weighted by molar-refractivity contribution is -0.181. The van der Waals surface area contributed by atoms with E-state index in [-0.39, 0.29) is 36.7 Å². The first-order valence-corrected chi connectivity index (χ1v) is 14.5. The number of likely N-dealkylation sites (N-methyl/N-ethyl adjacent to an activating group) is 1. The number of nitrogens with zero attached hydrogens (tertiary/aromatic N) is 1. The molecule has 0 radical (unpaired) electrons. The lowest BCUT2D eigenvalue weighted by Crippen LogP contribution is -2.74. The van der Waals surface area contributed by atoms with Crippen LogP contribution in [0.25, 0.3) is 11.1 Å². The van der Waals surface area contributed by atoms with Crippen LogP contribution in [0.1, 0.15) is 34.8 Å². The molecule has 2 aromatic rings. The number of ether oxygens (including phenoxy) is 1. The molecule has 0 saturated heterocycles. The second kappa shape index (κ2) is 11.7. The molecule has 2 unspecified atom stereocenters. The third kappa shape index (κ3) is 4.92. The molecule has 0 spiro atoms. The van der Waals surface area contributed by atoms with Gasteiger partial charge in [0.15, 0.2) is 34.7 Å². The standard InChI is InChI=1S/C32H35N3O9/c1-4-44-22(37)14-34-13-15-5-7-16(8-6-15)18-9-10-21(36)24-19(18)11-17-12-20-26(35(2)3)28(39)25(31(33)42)30(41)32(20,43)29(40)23(17)27(24)38/h5-10,17,20,23,25-26,34,36,43H,4,11-14H2,1-3H3,(H2,33,42)/t17-,20-,23?,25?,26-,32-/m0/s1. The molecule has 1 amide bonds. The van der Waals surface area contributed by atoms with E-state index < -0.39 is 64.4 Å². The number of hydrogen-bond acceptors (Lipinski definition) is 11. The molecule has 5 rings (SSSR count). The van der Waals surface area contributed by atoms with Crippen molar-refractivity contribution in [3.63, 3.8) is 0 Å². The normalized spacial score (nSPS) is 27.9. The molecular formula is C32H35N3O9. The second-order valence-corrected chi connectivity index (χ2v) is 11.9. The maximum atomic E-state index is 14.0. The van der Waals surface area contributed by atoms with Crippen molar-refractivity contribution < 1.29 is 43.7 Å². The van der Waals surface area contributed by atoms with Crippen LogP contribution in [-0.2, 0) is 41.7 Å². The van der Waals surface area contributed by atoms with Crippen molar-refractivity contribution in [3.8, 4) is 16.9 Å². The molecule has 0 heterocycles. The van der Waals surface area contributed by atoms with Crippen LogP contribution in [0.4, 0.5) is 0 Å². The molecule has 2 fully saturated rings. The van der Waals surface area contributed by atoms with E-state index in [4.69, 9.17) is 10.5 Å². The summed E-state index contributed by atoms with van der Waals surface area (Å²) in [4.78, 5) is 79.8. The summed E-state index contributed by atoms with van der Waals surface area (Å²) >= 11 is 0. The van der Waals surface area contributed by atoms with Crippen LogP contribution in [0.5, 0.6) is 5.75 Å². The number of aliphatic hydroxyl groups is 1. The van der Waals surface area contributed by atoms with E-state index in [1.165, 1.54) is 11.0 Å². The molecule has 232 valence electrons. The number of esters is 1. The minimum Gasteiger partial charge on any atom is -0.507 e. The Morgan fingerprint density at radius 3 is 2.36 bits per heavy atom. The van der Waals surface area contributed by atoms with E-state index >= 15 is 0 Å². The zero-order chi connectivity index (χ0) is 32.1. The number of amides is 1. The highest BCUT2D eigenvalue weighted by Crippen LogP contribution is 2.51. The van der Waals surface area contributed by atoms with Crippen LogP contribution < -0.4 is 11.1 Å². The number of fused-ring (bicyclic) bond motifs is 3. The molecule has 0 aromatic heterocycles. The maximum absolute atomic E-state index is 14.0. The Morgan fingerprint density at radius 2 is 1.75 bits per heavy atom. The first-order chi connectivity index (χ1) is 20.8. The van der Waals surface area contributed by atoms with Crippen LogP contribution in [-0.4, -0.2) is 89.0 Å². The molecule has 12 heteroatoms. The van der Waals surface area contributed by atoms with Crippen LogP contribution in [0, 0.1) is 23.7 Å². The van der Waals surface area contributed by atoms with Crippen molar-refractivity contribution in [1.82, 2.24) is 10.2 Å². The molecule has 2 saturated carbocycles. The van der Waals surface area contributed by atoms with Gasteiger partial charge in [-0.25, -0.2) is 0 Å². The lowest BCUT2D eigenvalue weighted by Gasteiger charge is -2.52. The van der Waals surface area contributed by atoms with E-state index in [2.05, 4.69) is 5.32 Å². The highest BCUT2D eigenvalue weighted by Gasteiger charge is 2.69. The van der Waals surface area contributed by atoms with Crippen molar-refractivity contribution in [2.75, 3.05) is 27.2 Å². The van der Waals surface area contributed by atoms with Gasteiger partial charge in [-0.15, -0.1) is 0 Å². The van der Waals surface area contributed by atoms with Gasteiger partial charge >= 0.3 is 5.97 Å². The Hall–Kier alpha value is -4.26. The number of hydrogen-bond donors (Lipinski definition) is 4. The van der Waals surface area contributed by atoms with Crippen molar-refractivity contribution >= 4 is 35.0 Å². The average molecular weight is 606 g/mol. The Kier molecular flexibility index (Phi) is 8.27. The molecule has 12 nitrogen and oxygen atoms in total. The molecule has 0 aliphatic heterocycles. The van der Waals surface area contributed by atoms with Gasteiger partial charge in [0.05, 0.1) is 30.7 Å². The summed E-state index contributed by atoms with van der Waals surface area (Å²) in [6, 6.07) is 9.30. The zero-order valence-corrected chi connectivity index (χ0v) is 24.7. The Labute approximate surface area is 253 Å². The van der Waals surface area contributed by atoms with E-state index in [0.717, 1.165) is 11.1 Å². The van der Waals surface area contributed by atoms with Gasteiger partial charge in [0.25, 0.3) is 0 Å². The Morgan fingerprint density at radius 1 is 1.07 bits per heavy atom. The van der Waals surface area contributed by atoms with Gasteiger partial charge in [-0.3, -0.25) is 33.7 Å². The van der Waals surface area contributed by atoms with Crippen molar-refractivity contribution in [1.29, 1.82) is 0 Å². The third-order valence-corrected chi connectivity index (χ3v) is 9.11. The van der Waals surface area contributed by atoms with E-state index in [1.807, 2.05) is 24.3 Å². The average Bonchev–Trinajstić information content (AvgIpc) is 2.95. The van der Waals surface area contributed by atoms with Gasteiger partial charge in [-0.05, 0) is 68.1 Å². The van der Waals surface area contributed by atoms with Crippen LogP contribution in [0.2, 0.25) is 0 Å². The number of phenolic OH excluding ortho intramolecular Hbond substituents is 1. The Bertz CT molecular complexity index is 1570. The molecule has 44 heavy (non-hydrogen) atoms. The minimum atomic E-state index is -2.76. The van der Waals surface area contributed by atoms with Gasteiger partial charge in [-0.1, -0.05) is 30.3 Å². The lowest BCUT2D eigenvalue weighted by atomic mass is 9.52. The monoisotopic (exact) mass is 605 g/mol. The summed E-state index contributed by atoms with van der Waals surface area (Å²) in [6.07, 6.45) is 0.141. The number of nitrogens with one attached hydrogen (secondary N) is 1. The van der Waals surface area contributed by atoms with Gasteiger partial charge < -0.3 is 26.0 Å². The summed E-state index contributed by atoms with van der Waals surface area (Å²) in [5, 5.41) is 25.5. The van der Waals surface area contributed by atoms with E-state index in [0.29, 0.717) is 24.3 Å². The fourth-order valence-corrected chi connectivity index (χ4v) is 7.20. The largest absolute Gasteiger partial charge is 0.507 e. The first kappa shape index (κ1) is 31.2. The number of aromatic hydroxyl groups is 1. The fourth-order valence-electron chi connectivity index (χ4n) is 7.20. The number of carbonyl (C=O) groups is 6. The van der Waals surface area contributed by atoms with Gasteiger partial charge in [0.2, 0.25) is 5.91 Å². The van der Waals surface area contributed by atoms with Crippen molar-refractivity contribution in [3.05, 3.63) is 53.1 Å². The summed E-state index contributed by atoms with van der Waals surface area (Å²) < 4.78 is 4.91. The molecule has 3 aliphatic carbocycles. The molecule has 6 atom stereocenters. The summed E-state index contributed by atoms with van der Waals surface area (Å²) in [7, 11) is 3.09. The number of carbonyl (C=O) groups excluding carboxylic acids is 6. The first-order valence-electron chi connectivity index (χ1n) is 14.5. The third-order valence-electron chi connectivity index (χ3n) is 9.11. The highest BCUT2D eigenvalue weighted by molar-refractivity contribution is 6.32. The smallest absolute Gasteiger partial charge is 0.319 e. The highest BCUT2D eigenvalue weighted by atomic mass is 16.5.